The van der Waals surface area contributed by atoms with Crippen LogP contribution in [0.5, 0.6) is 0 Å². The van der Waals surface area contributed by atoms with E-state index in [1.807, 2.05) is 0 Å². The van der Waals surface area contributed by atoms with Crippen molar-refractivity contribution in [1.29, 1.82) is 0 Å². The van der Waals surface area contributed by atoms with Crippen molar-refractivity contribution in [2.45, 2.75) is 12.3 Å². The van der Waals surface area contributed by atoms with Crippen molar-refractivity contribution < 1.29 is 27.6 Å². The summed E-state index contributed by atoms with van der Waals surface area (Å²) in [6.45, 7) is 0. The number of hydrogen-bond donors (Lipinski definition) is 0. The average Bonchev–Trinajstić information content (AvgIpc) is 3.16. The molecule has 5 nitrogen and oxygen atoms in total. The monoisotopic (exact) mass is 438 g/mol. The van der Waals surface area contributed by atoms with E-state index in [1.54, 1.807) is 24.3 Å². The Morgan fingerprint density at radius 3 is 2.33 bits per heavy atom. The molecule has 2 aliphatic rings. The van der Waals surface area contributed by atoms with Gasteiger partial charge in [-0.05, 0) is 24.3 Å². The highest BCUT2D eigenvalue weighted by molar-refractivity contribution is 9.10. The van der Waals surface area contributed by atoms with Crippen LogP contribution in [0.15, 0.2) is 58.2 Å². The summed E-state index contributed by atoms with van der Waals surface area (Å²) in [4.78, 5) is 31.2. The number of amides is 2. The molecule has 0 aromatic heterocycles. The molecular weight excluding hydrogens is 429 g/mol. The third-order valence-electron chi connectivity index (χ3n) is 4.40. The summed E-state index contributed by atoms with van der Waals surface area (Å²) >= 11 is 3.29. The topological polar surface area (TPSA) is 59.0 Å². The van der Waals surface area contributed by atoms with E-state index >= 15 is 0 Å². The summed E-state index contributed by atoms with van der Waals surface area (Å²) in [5.41, 5.74) is -0.794. The molecule has 138 valence electrons. The van der Waals surface area contributed by atoms with Gasteiger partial charge in [0.2, 0.25) is 12.0 Å². The molecule has 0 unspecified atom stereocenters. The summed E-state index contributed by atoms with van der Waals surface area (Å²) in [5, 5.41) is 3.83. The van der Waals surface area contributed by atoms with Crippen molar-refractivity contribution in [2.75, 3.05) is 4.90 Å². The molecule has 0 saturated carbocycles. The maximum atomic E-state index is 13.3. The van der Waals surface area contributed by atoms with Crippen LogP contribution in [0.4, 0.5) is 18.9 Å². The first-order valence-electron chi connectivity index (χ1n) is 7.82. The molecule has 2 atom stereocenters. The number of hydrogen-bond acceptors (Lipinski definition) is 4. The third kappa shape index (κ3) is 2.82. The second kappa shape index (κ2) is 6.19. The Balaban J connectivity index is 1.74. The summed E-state index contributed by atoms with van der Waals surface area (Å²) in [5.74, 6) is -2.74. The number of para-hydroxylation sites is 1. The number of oxime groups is 1. The number of anilines is 1. The second-order valence-corrected chi connectivity index (χ2v) is 6.93. The Morgan fingerprint density at radius 2 is 1.67 bits per heavy atom. The molecule has 0 aliphatic carbocycles. The van der Waals surface area contributed by atoms with E-state index < -0.39 is 41.3 Å². The molecule has 0 spiro atoms. The quantitative estimate of drug-likeness (QED) is 0.670. The van der Waals surface area contributed by atoms with Crippen molar-refractivity contribution >= 4 is 39.1 Å². The van der Waals surface area contributed by atoms with Crippen LogP contribution in [0, 0.1) is 5.92 Å². The van der Waals surface area contributed by atoms with E-state index in [4.69, 9.17) is 4.84 Å². The van der Waals surface area contributed by atoms with Crippen molar-refractivity contribution in [3.05, 3.63) is 64.1 Å². The van der Waals surface area contributed by atoms with Crippen LogP contribution in [-0.2, 0) is 20.6 Å². The average molecular weight is 439 g/mol. The van der Waals surface area contributed by atoms with Crippen LogP contribution in [0.3, 0.4) is 0 Å². The van der Waals surface area contributed by atoms with Crippen molar-refractivity contribution in [3.8, 4) is 0 Å². The Hall–Kier alpha value is -2.68. The van der Waals surface area contributed by atoms with Gasteiger partial charge in [-0.15, -0.1) is 0 Å². The first-order chi connectivity index (χ1) is 12.8. The Labute approximate surface area is 159 Å². The zero-order valence-corrected chi connectivity index (χ0v) is 15.0. The summed E-state index contributed by atoms with van der Waals surface area (Å²) in [7, 11) is 0. The summed E-state index contributed by atoms with van der Waals surface area (Å²) < 4.78 is 40.8. The molecule has 2 amide bonds. The number of carbonyl (C=O) groups excluding carboxylic acids is 2. The van der Waals surface area contributed by atoms with E-state index in [1.165, 1.54) is 12.1 Å². The molecule has 4 rings (SSSR count). The molecule has 0 bridgehead atoms. The number of imide groups is 1. The lowest BCUT2D eigenvalue weighted by Crippen LogP contribution is -2.34. The van der Waals surface area contributed by atoms with E-state index in [9.17, 15) is 22.8 Å². The highest BCUT2D eigenvalue weighted by atomic mass is 79.9. The largest absolute Gasteiger partial charge is 0.418 e. The minimum Gasteiger partial charge on any atom is -0.381 e. The molecular formula is C18H10BrF3N2O3. The highest BCUT2D eigenvalue weighted by Gasteiger charge is 2.57. The van der Waals surface area contributed by atoms with Crippen molar-refractivity contribution in [2.24, 2.45) is 11.1 Å². The molecule has 9 heteroatoms. The van der Waals surface area contributed by atoms with Gasteiger partial charge >= 0.3 is 6.18 Å². The maximum absolute atomic E-state index is 13.3. The van der Waals surface area contributed by atoms with E-state index in [2.05, 4.69) is 21.1 Å². The molecule has 1 fully saturated rings. The number of rotatable bonds is 2. The minimum absolute atomic E-state index is 0.220. The SMILES string of the molecule is O=C1[C@H]2C(c3ccc(Br)cc3)=NO[C@H]2C(=O)N1c1ccccc1C(F)(F)F. The first-order valence-corrected chi connectivity index (χ1v) is 8.62. The number of carbonyl (C=O) groups is 2. The van der Waals surface area contributed by atoms with Crippen LogP contribution in [0.2, 0.25) is 0 Å². The predicted molar refractivity (Wildman–Crippen MR) is 93.0 cm³/mol. The summed E-state index contributed by atoms with van der Waals surface area (Å²) in [6.07, 6.45) is -5.98. The minimum atomic E-state index is -4.71. The normalized spacial score (nSPS) is 21.9. The molecule has 1 saturated heterocycles. The fraction of sp³-hybridized carbons (Fsp3) is 0.167. The van der Waals surface area contributed by atoms with Gasteiger partial charge in [0.05, 0.1) is 11.3 Å². The lowest BCUT2D eigenvalue weighted by molar-refractivity contribution is -0.137. The van der Waals surface area contributed by atoms with Crippen LogP contribution < -0.4 is 4.90 Å². The maximum Gasteiger partial charge on any atom is 0.418 e. The smallest absolute Gasteiger partial charge is 0.381 e. The molecule has 2 aliphatic heterocycles. The van der Waals surface area contributed by atoms with Crippen LogP contribution in [0.25, 0.3) is 0 Å². The molecule has 0 radical (unpaired) electrons. The van der Waals surface area contributed by atoms with Crippen LogP contribution >= 0.6 is 15.9 Å². The number of nitrogens with zero attached hydrogens (tertiary/aromatic N) is 2. The lowest BCUT2D eigenvalue weighted by Gasteiger charge is -2.20. The number of alkyl halides is 3. The molecule has 27 heavy (non-hydrogen) atoms. The Bertz CT molecular complexity index is 973. The zero-order valence-electron chi connectivity index (χ0n) is 13.4. The van der Waals surface area contributed by atoms with Gasteiger partial charge in [0.25, 0.3) is 5.91 Å². The fourth-order valence-electron chi connectivity index (χ4n) is 3.18. The zero-order chi connectivity index (χ0) is 19.3. The van der Waals surface area contributed by atoms with Gasteiger partial charge in [-0.3, -0.25) is 9.59 Å². The third-order valence-corrected chi connectivity index (χ3v) is 4.93. The predicted octanol–water partition coefficient (Wildman–Crippen LogP) is 3.76. The van der Waals surface area contributed by atoms with Gasteiger partial charge in [0.15, 0.2) is 0 Å². The van der Waals surface area contributed by atoms with Crippen molar-refractivity contribution in [1.82, 2.24) is 0 Å². The second-order valence-electron chi connectivity index (χ2n) is 6.01. The lowest BCUT2D eigenvalue weighted by atomic mass is 9.94. The van der Waals surface area contributed by atoms with Gasteiger partial charge in [-0.25, -0.2) is 4.90 Å². The van der Waals surface area contributed by atoms with Crippen molar-refractivity contribution in [3.63, 3.8) is 0 Å². The van der Waals surface area contributed by atoms with E-state index in [0.717, 1.165) is 16.6 Å². The Morgan fingerprint density at radius 1 is 1.00 bits per heavy atom. The highest BCUT2D eigenvalue weighted by Crippen LogP contribution is 2.41. The first kappa shape index (κ1) is 17.7. The van der Waals surface area contributed by atoms with Gasteiger partial charge in [0, 0.05) is 10.0 Å². The van der Waals surface area contributed by atoms with Gasteiger partial charge in [-0.2, -0.15) is 13.2 Å². The molecule has 0 N–H and O–H groups in total. The fourth-order valence-corrected chi connectivity index (χ4v) is 3.45. The van der Waals surface area contributed by atoms with Crippen LogP contribution in [-0.4, -0.2) is 23.6 Å². The van der Waals surface area contributed by atoms with E-state index in [0.29, 0.717) is 10.5 Å². The van der Waals surface area contributed by atoms with Gasteiger partial charge < -0.3 is 4.84 Å². The van der Waals surface area contributed by atoms with E-state index in [-0.39, 0.29) is 5.71 Å². The molecule has 2 heterocycles. The summed E-state index contributed by atoms with van der Waals surface area (Å²) in [6, 6.07) is 11.3. The number of benzene rings is 2. The molecule has 2 aromatic carbocycles. The Kier molecular flexibility index (Phi) is 4.06. The van der Waals surface area contributed by atoms with Crippen LogP contribution in [0.1, 0.15) is 11.1 Å². The number of halogens is 4. The number of fused-ring (bicyclic) bond motifs is 1. The standard InChI is InChI=1S/C18H10BrF3N2O3/c19-10-7-5-9(6-8-10)14-13-15(27-23-14)17(26)24(16(13)25)12-4-2-1-3-11(12)18(20,21)22/h1-8,13,15H/t13-,15+/m0/s1. The molecule has 2 aromatic rings. The van der Waals surface area contributed by atoms with Gasteiger partial charge in [-0.1, -0.05) is 45.4 Å². The van der Waals surface area contributed by atoms with Gasteiger partial charge in [0.1, 0.15) is 11.6 Å².